The van der Waals surface area contributed by atoms with Crippen molar-refractivity contribution in [2.24, 2.45) is 5.92 Å². The van der Waals surface area contributed by atoms with Crippen molar-refractivity contribution in [2.75, 3.05) is 19.5 Å². The highest BCUT2D eigenvalue weighted by atomic mass is 35.5. The van der Waals surface area contributed by atoms with Crippen LogP contribution in [0.15, 0.2) is 30.3 Å². The van der Waals surface area contributed by atoms with E-state index in [-0.39, 0.29) is 17.3 Å². The summed E-state index contributed by atoms with van der Waals surface area (Å²) in [5.74, 6) is -0.794. The maximum absolute atomic E-state index is 14.1. The summed E-state index contributed by atoms with van der Waals surface area (Å²) in [4.78, 5) is 12.4. The SMILES string of the molecule is COc1cc(F)c(NC(=O)C(C)Cc2ccc(Cl)cc2Cl)cc1OC. The molecule has 4 nitrogen and oxygen atoms in total. The molecule has 0 radical (unpaired) electrons. The molecular formula is C18H18Cl2FNO3. The average Bonchev–Trinajstić information content (AvgIpc) is 2.58. The van der Waals surface area contributed by atoms with Crippen LogP contribution in [-0.4, -0.2) is 20.1 Å². The standard InChI is InChI=1S/C18H18Cl2FNO3/c1-10(6-11-4-5-12(19)7-13(11)20)18(23)22-15-9-17(25-3)16(24-2)8-14(15)21/h4-5,7-10H,6H2,1-3H3,(H,22,23). The fourth-order valence-corrected chi connectivity index (χ4v) is 2.80. The Morgan fingerprint density at radius 1 is 1.16 bits per heavy atom. The van der Waals surface area contributed by atoms with Gasteiger partial charge in [0.1, 0.15) is 0 Å². The molecule has 0 aliphatic heterocycles. The first kappa shape index (κ1) is 19.3. The summed E-state index contributed by atoms with van der Waals surface area (Å²) < 4.78 is 24.3. The van der Waals surface area contributed by atoms with Gasteiger partial charge < -0.3 is 14.8 Å². The van der Waals surface area contributed by atoms with Crippen LogP contribution in [0, 0.1) is 11.7 Å². The smallest absolute Gasteiger partial charge is 0.227 e. The first-order chi connectivity index (χ1) is 11.8. The lowest BCUT2D eigenvalue weighted by atomic mass is 10.00. The molecule has 0 aliphatic carbocycles. The zero-order valence-corrected chi connectivity index (χ0v) is 15.5. The number of methoxy groups -OCH3 is 2. The highest BCUT2D eigenvalue weighted by Gasteiger charge is 2.19. The second-order valence-corrected chi connectivity index (χ2v) is 6.36. The average molecular weight is 386 g/mol. The van der Waals surface area contributed by atoms with Crippen molar-refractivity contribution in [3.05, 3.63) is 51.8 Å². The molecule has 2 aromatic carbocycles. The van der Waals surface area contributed by atoms with E-state index in [4.69, 9.17) is 32.7 Å². The fraction of sp³-hybridized carbons (Fsp3) is 0.278. The van der Waals surface area contributed by atoms with Crippen LogP contribution < -0.4 is 14.8 Å². The number of halogens is 3. The van der Waals surface area contributed by atoms with Crippen molar-refractivity contribution in [1.29, 1.82) is 0 Å². The molecule has 0 spiro atoms. The summed E-state index contributed by atoms with van der Waals surface area (Å²) >= 11 is 12.0. The molecule has 7 heteroatoms. The Kier molecular flexibility index (Phi) is 6.51. The van der Waals surface area contributed by atoms with Gasteiger partial charge in [0.15, 0.2) is 17.3 Å². The number of benzene rings is 2. The highest BCUT2D eigenvalue weighted by molar-refractivity contribution is 6.35. The second-order valence-electron chi connectivity index (χ2n) is 5.52. The topological polar surface area (TPSA) is 47.6 Å². The number of carbonyl (C=O) groups excluding carboxylic acids is 1. The molecule has 1 atom stereocenters. The lowest BCUT2D eigenvalue weighted by molar-refractivity contribution is -0.119. The van der Waals surface area contributed by atoms with E-state index in [2.05, 4.69) is 5.32 Å². The predicted octanol–water partition coefficient (Wildman–Crippen LogP) is 4.97. The van der Waals surface area contributed by atoms with Crippen LogP contribution in [0.3, 0.4) is 0 Å². The van der Waals surface area contributed by atoms with Crippen LogP contribution in [0.25, 0.3) is 0 Å². The second kappa shape index (κ2) is 8.41. The zero-order chi connectivity index (χ0) is 18.6. The van der Waals surface area contributed by atoms with Gasteiger partial charge in [0.05, 0.1) is 19.9 Å². The molecule has 0 bridgehead atoms. The molecule has 0 saturated heterocycles. The third-order valence-corrected chi connectivity index (χ3v) is 4.31. The first-order valence-corrected chi connectivity index (χ1v) is 8.27. The number of amides is 1. The largest absolute Gasteiger partial charge is 0.493 e. The molecule has 0 aliphatic rings. The monoisotopic (exact) mass is 385 g/mol. The number of rotatable bonds is 6. The minimum atomic E-state index is -0.609. The first-order valence-electron chi connectivity index (χ1n) is 7.52. The van der Waals surface area contributed by atoms with Crippen molar-refractivity contribution in [3.63, 3.8) is 0 Å². The molecule has 134 valence electrons. The van der Waals surface area contributed by atoms with Crippen LogP contribution in [0.4, 0.5) is 10.1 Å². The van der Waals surface area contributed by atoms with Gasteiger partial charge in [0, 0.05) is 28.1 Å². The molecule has 0 saturated carbocycles. The number of ether oxygens (including phenoxy) is 2. The van der Waals surface area contributed by atoms with Gasteiger partial charge in [0.2, 0.25) is 5.91 Å². The summed E-state index contributed by atoms with van der Waals surface area (Å²) in [6, 6.07) is 7.65. The van der Waals surface area contributed by atoms with Crippen molar-refractivity contribution < 1.29 is 18.7 Å². The number of hydrogen-bond donors (Lipinski definition) is 1. The van der Waals surface area contributed by atoms with Gasteiger partial charge in [-0.3, -0.25) is 4.79 Å². The van der Waals surface area contributed by atoms with Crippen molar-refractivity contribution in [3.8, 4) is 11.5 Å². The van der Waals surface area contributed by atoms with Crippen LogP contribution >= 0.6 is 23.2 Å². The molecule has 0 fully saturated rings. The molecule has 0 aromatic heterocycles. The Morgan fingerprint density at radius 3 is 2.40 bits per heavy atom. The fourth-order valence-electron chi connectivity index (χ4n) is 2.32. The van der Waals surface area contributed by atoms with E-state index in [0.717, 1.165) is 11.6 Å². The summed E-state index contributed by atoms with van der Waals surface area (Å²) in [5.41, 5.74) is 0.818. The lowest BCUT2D eigenvalue weighted by Gasteiger charge is -2.15. The lowest BCUT2D eigenvalue weighted by Crippen LogP contribution is -2.23. The Labute approximate surface area is 155 Å². The quantitative estimate of drug-likeness (QED) is 0.763. The Bertz CT molecular complexity index is 783. The van der Waals surface area contributed by atoms with Gasteiger partial charge in [-0.25, -0.2) is 4.39 Å². The van der Waals surface area contributed by atoms with E-state index >= 15 is 0 Å². The minimum Gasteiger partial charge on any atom is -0.493 e. The summed E-state index contributed by atoms with van der Waals surface area (Å²) in [7, 11) is 2.85. The van der Waals surface area contributed by atoms with Crippen LogP contribution in [0.1, 0.15) is 12.5 Å². The van der Waals surface area contributed by atoms with Crippen LogP contribution in [0.5, 0.6) is 11.5 Å². The molecular weight excluding hydrogens is 368 g/mol. The maximum atomic E-state index is 14.1. The van der Waals surface area contributed by atoms with Gasteiger partial charge in [-0.1, -0.05) is 36.2 Å². The third-order valence-electron chi connectivity index (χ3n) is 3.72. The van der Waals surface area contributed by atoms with Gasteiger partial charge >= 0.3 is 0 Å². The third kappa shape index (κ3) is 4.77. The van der Waals surface area contributed by atoms with Gasteiger partial charge in [-0.05, 0) is 24.1 Å². The van der Waals surface area contributed by atoms with E-state index in [1.807, 2.05) is 0 Å². The Morgan fingerprint density at radius 2 is 1.80 bits per heavy atom. The summed E-state index contributed by atoms with van der Waals surface area (Å²) in [5, 5.41) is 3.58. The van der Waals surface area contributed by atoms with Crippen molar-refractivity contribution in [2.45, 2.75) is 13.3 Å². The van der Waals surface area contributed by atoms with E-state index in [1.54, 1.807) is 25.1 Å². The van der Waals surface area contributed by atoms with Crippen molar-refractivity contribution in [1.82, 2.24) is 0 Å². The molecule has 2 aromatic rings. The van der Waals surface area contributed by atoms with E-state index in [0.29, 0.717) is 22.2 Å². The number of nitrogens with one attached hydrogen (secondary N) is 1. The van der Waals surface area contributed by atoms with Crippen LogP contribution in [0.2, 0.25) is 10.0 Å². The van der Waals surface area contributed by atoms with E-state index < -0.39 is 11.7 Å². The number of anilines is 1. The van der Waals surface area contributed by atoms with Gasteiger partial charge in [-0.2, -0.15) is 0 Å². The highest BCUT2D eigenvalue weighted by Crippen LogP contribution is 2.32. The van der Waals surface area contributed by atoms with Crippen molar-refractivity contribution >= 4 is 34.8 Å². The molecule has 1 unspecified atom stereocenters. The molecule has 25 heavy (non-hydrogen) atoms. The van der Waals surface area contributed by atoms with E-state index in [9.17, 15) is 9.18 Å². The van der Waals surface area contributed by atoms with E-state index in [1.165, 1.54) is 20.3 Å². The molecule has 0 heterocycles. The summed E-state index contributed by atoms with van der Waals surface area (Å²) in [6.45, 7) is 1.74. The molecule has 2 rings (SSSR count). The number of hydrogen-bond acceptors (Lipinski definition) is 3. The molecule has 1 amide bonds. The Hall–Kier alpha value is -1.98. The predicted molar refractivity (Wildman–Crippen MR) is 97.5 cm³/mol. The summed E-state index contributed by atoms with van der Waals surface area (Å²) in [6.07, 6.45) is 0.400. The minimum absolute atomic E-state index is 0.0247. The van der Waals surface area contributed by atoms with Gasteiger partial charge in [0.25, 0.3) is 0 Å². The Balaban J connectivity index is 2.13. The maximum Gasteiger partial charge on any atom is 0.227 e. The molecule has 1 N–H and O–H groups in total. The zero-order valence-electron chi connectivity index (χ0n) is 14.0. The van der Waals surface area contributed by atoms with Gasteiger partial charge in [-0.15, -0.1) is 0 Å². The van der Waals surface area contributed by atoms with Crippen LogP contribution in [-0.2, 0) is 11.2 Å². The normalized spacial score (nSPS) is 11.8. The number of carbonyl (C=O) groups is 1.